The second-order valence-corrected chi connectivity index (χ2v) is 4.67. The molecule has 0 saturated heterocycles. The third kappa shape index (κ3) is 2.25. The number of rotatable bonds is 2. The van der Waals surface area contributed by atoms with Gasteiger partial charge in [0.2, 0.25) is 0 Å². The van der Waals surface area contributed by atoms with E-state index < -0.39 is 0 Å². The molecule has 1 aromatic carbocycles. The summed E-state index contributed by atoms with van der Waals surface area (Å²) in [5, 5.41) is 0. The lowest BCUT2D eigenvalue weighted by molar-refractivity contribution is 0.311. The quantitative estimate of drug-likeness (QED) is 0.736. The summed E-state index contributed by atoms with van der Waals surface area (Å²) >= 11 is 0. The zero-order chi connectivity index (χ0) is 10.8. The van der Waals surface area contributed by atoms with Crippen molar-refractivity contribution >= 4 is 5.69 Å². The van der Waals surface area contributed by atoms with Crippen LogP contribution in [0.3, 0.4) is 0 Å². The van der Waals surface area contributed by atoms with Crippen LogP contribution in [0.25, 0.3) is 0 Å². The second kappa shape index (κ2) is 4.13. The first-order chi connectivity index (χ1) is 7.16. The van der Waals surface area contributed by atoms with Gasteiger partial charge in [-0.15, -0.1) is 0 Å². The summed E-state index contributed by atoms with van der Waals surface area (Å²) in [7, 11) is 2.13. The fraction of sp³-hybridized carbons (Fsp3) is 0.538. The van der Waals surface area contributed by atoms with Crippen molar-refractivity contribution in [3.63, 3.8) is 0 Å². The van der Waals surface area contributed by atoms with Crippen LogP contribution in [0.1, 0.15) is 19.4 Å². The molecular weight excluding hydrogens is 186 g/mol. The predicted molar refractivity (Wildman–Crippen MR) is 63.7 cm³/mol. The number of fused-ring (bicyclic) bond motifs is 1. The van der Waals surface area contributed by atoms with Gasteiger partial charge >= 0.3 is 0 Å². The fourth-order valence-corrected chi connectivity index (χ4v) is 1.99. The van der Waals surface area contributed by atoms with Crippen LogP contribution in [0.2, 0.25) is 0 Å². The Morgan fingerprint density at radius 3 is 2.93 bits per heavy atom. The minimum atomic E-state index is 0.706. The van der Waals surface area contributed by atoms with Gasteiger partial charge in [-0.3, -0.25) is 0 Å². The minimum absolute atomic E-state index is 0.706. The molecule has 2 heteroatoms. The van der Waals surface area contributed by atoms with Gasteiger partial charge in [0.15, 0.2) is 0 Å². The number of likely N-dealkylation sites (N-methyl/N-ethyl adjacent to an activating group) is 1. The maximum absolute atomic E-state index is 5.61. The molecule has 0 N–H and O–H groups in total. The maximum Gasteiger partial charge on any atom is 0.142 e. The average molecular weight is 205 g/mol. The van der Waals surface area contributed by atoms with E-state index in [0.29, 0.717) is 5.92 Å². The van der Waals surface area contributed by atoms with Crippen molar-refractivity contribution in [1.29, 1.82) is 0 Å². The number of hydrogen-bond acceptors (Lipinski definition) is 2. The van der Waals surface area contributed by atoms with Gasteiger partial charge in [-0.25, -0.2) is 0 Å². The van der Waals surface area contributed by atoms with E-state index in [9.17, 15) is 0 Å². The maximum atomic E-state index is 5.61. The normalized spacial score (nSPS) is 15.1. The van der Waals surface area contributed by atoms with Crippen LogP contribution < -0.4 is 9.64 Å². The Morgan fingerprint density at radius 1 is 1.40 bits per heavy atom. The second-order valence-electron chi connectivity index (χ2n) is 4.67. The molecule has 1 aliphatic heterocycles. The summed E-state index contributed by atoms with van der Waals surface area (Å²) in [6, 6.07) is 6.54. The van der Waals surface area contributed by atoms with E-state index in [1.807, 2.05) is 0 Å². The predicted octanol–water partition coefficient (Wildman–Crippen LogP) is 2.71. The number of benzene rings is 1. The SMILES string of the molecule is CC(C)Cc1ccc2c(c1)N(C)CCO2. The Balaban J connectivity index is 2.27. The molecule has 1 aromatic rings. The van der Waals surface area contributed by atoms with Crippen molar-refractivity contribution in [2.24, 2.45) is 5.92 Å². The summed E-state index contributed by atoms with van der Waals surface area (Å²) in [5.74, 6) is 1.73. The molecule has 0 radical (unpaired) electrons. The topological polar surface area (TPSA) is 12.5 Å². The van der Waals surface area contributed by atoms with Crippen molar-refractivity contribution in [2.75, 3.05) is 25.1 Å². The third-order valence-electron chi connectivity index (χ3n) is 2.76. The van der Waals surface area contributed by atoms with E-state index in [-0.39, 0.29) is 0 Å². The number of anilines is 1. The van der Waals surface area contributed by atoms with Gasteiger partial charge in [0.1, 0.15) is 12.4 Å². The fourth-order valence-electron chi connectivity index (χ4n) is 1.99. The van der Waals surface area contributed by atoms with Gasteiger partial charge in [0.25, 0.3) is 0 Å². The van der Waals surface area contributed by atoms with Crippen molar-refractivity contribution in [1.82, 2.24) is 0 Å². The zero-order valence-electron chi connectivity index (χ0n) is 9.79. The van der Waals surface area contributed by atoms with Crippen LogP contribution in [0, 0.1) is 5.92 Å². The third-order valence-corrected chi connectivity index (χ3v) is 2.76. The van der Waals surface area contributed by atoms with Crippen molar-refractivity contribution < 1.29 is 4.74 Å². The molecule has 0 saturated carbocycles. The number of ether oxygens (including phenoxy) is 1. The van der Waals surface area contributed by atoms with E-state index in [1.54, 1.807) is 0 Å². The van der Waals surface area contributed by atoms with Crippen LogP contribution in [-0.2, 0) is 6.42 Å². The molecule has 0 atom stereocenters. The number of hydrogen-bond donors (Lipinski definition) is 0. The van der Waals surface area contributed by atoms with Gasteiger partial charge in [0.05, 0.1) is 12.2 Å². The van der Waals surface area contributed by atoms with Crippen molar-refractivity contribution in [3.05, 3.63) is 23.8 Å². The highest BCUT2D eigenvalue weighted by atomic mass is 16.5. The Bertz CT molecular complexity index is 346. The van der Waals surface area contributed by atoms with E-state index in [1.165, 1.54) is 11.3 Å². The molecule has 0 bridgehead atoms. The molecule has 1 heterocycles. The molecule has 0 unspecified atom stereocenters. The van der Waals surface area contributed by atoms with E-state index in [4.69, 9.17) is 4.74 Å². The zero-order valence-corrected chi connectivity index (χ0v) is 9.79. The van der Waals surface area contributed by atoms with Crippen LogP contribution in [0.4, 0.5) is 5.69 Å². The monoisotopic (exact) mass is 205 g/mol. The van der Waals surface area contributed by atoms with E-state index in [2.05, 4.69) is 44.0 Å². The standard InChI is InChI=1S/C13H19NO/c1-10(2)8-11-4-5-13-12(9-11)14(3)6-7-15-13/h4-5,9-10H,6-8H2,1-3H3. The summed E-state index contributed by atoms with van der Waals surface area (Å²) < 4.78 is 5.61. The van der Waals surface area contributed by atoms with Crippen LogP contribution >= 0.6 is 0 Å². The molecular formula is C13H19NO. The van der Waals surface area contributed by atoms with Gasteiger partial charge in [-0.2, -0.15) is 0 Å². The minimum Gasteiger partial charge on any atom is -0.490 e. The first-order valence-electron chi connectivity index (χ1n) is 5.63. The molecule has 0 fully saturated rings. The lowest BCUT2D eigenvalue weighted by Crippen LogP contribution is -2.28. The molecule has 82 valence electrons. The van der Waals surface area contributed by atoms with E-state index >= 15 is 0 Å². The number of nitrogens with zero attached hydrogens (tertiary/aromatic N) is 1. The Kier molecular flexibility index (Phi) is 2.85. The molecule has 0 aromatic heterocycles. The molecule has 0 spiro atoms. The molecule has 1 aliphatic rings. The van der Waals surface area contributed by atoms with Gasteiger partial charge < -0.3 is 9.64 Å². The van der Waals surface area contributed by atoms with Crippen LogP contribution in [0.5, 0.6) is 5.75 Å². The molecule has 0 amide bonds. The highest BCUT2D eigenvalue weighted by molar-refractivity contribution is 5.60. The van der Waals surface area contributed by atoms with Gasteiger partial charge in [-0.05, 0) is 30.0 Å². The lowest BCUT2D eigenvalue weighted by atomic mass is 10.0. The van der Waals surface area contributed by atoms with Gasteiger partial charge in [0, 0.05) is 7.05 Å². The Labute approximate surface area is 91.9 Å². The molecule has 2 nitrogen and oxygen atoms in total. The average Bonchev–Trinajstić information content (AvgIpc) is 2.18. The van der Waals surface area contributed by atoms with Crippen LogP contribution in [-0.4, -0.2) is 20.2 Å². The van der Waals surface area contributed by atoms with Crippen LogP contribution in [0.15, 0.2) is 18.2 Å². The van der Waals surface area contributed by atoms with E-state index in [0.717, 1.165) is 25.3 Å². The summed E-state index contributed by atoms with van der Waals surface area (Å²) in [6.45, 7) is 6.28. The van der Waals surface area contributed by atoms with Crippen molar-refractivity contribution in [2.45, 2.75) is 20.3 Å². The lowest BCUT2D eigenvalue weighted by Gasteiger charge is -2.28. The smallest absolute Gasteiger partial charge is 0.142 e. The highest BCUT2D eigenvalue weighted by Crippen LogP contribution is 2.31. The van der Waals surface area contributed by atoms with Crippen molar-refractivity contribution in [3.8, 4) is 5.75 Å². The Hall–Kier alpha value is -1.18. The summed E-state index contributed by atoms with van der Waals surface area (Å²) in [6.07, 6.45) is 1.14. The van der Waals surface area contributed by atoms with Gasteiger partial charge in [-0.1, -0.05) is 19.9 Å². The first-order valence-corrected chi connectivity index (χ1v) is 5.63. The molecule has 2 rings (SSSR count). The Morgan fingerprint density at radius 2 is 2.20 bits per heavy atom. The summed E-state index contributed by atoms with van der Waals surface area (Å²) in [5.41, 5.74) is 2.64. The largest absolute Gasteiger partial charge is 0.490 e. The first kappa shape index (κ1) is 10.3. The molecule has 15 heavy (non-hydrogen) atoms. The molecule has 0 aliphatic carbocycles. The highest BCUT2D eigenvalue weighted by Gasteiger charge is 2.14. The summed E-state index contributed by atoms with van der Waals surface area (Å²) in [4.78, 5) is 2.27.